The summed E-state index contributed by atoms with van der Waals surface area (Å²) < 4.78 is 0. The maximum atomic E-state index is 12.9. The number of hydrogen-bond acceptors (Lipinski definition) is 5. The van der Waals surface area contributed by atoms with Gasteiger partial charge in [-0.15, -0.1) is 0 Å². The summed E-state index contributed by atoms with van der Waals surface area (Å²) in [7, 11) is 0. The van der Waals surface area contributed by atoms with Gasteiger partial charge in [0.05, 0.1) is 5.92 Å². The average molecular weight is 411 g/mol. The van der Waals surface area contributed by atoms with E-state index in [1.54, 1.807) is 0 Å². The Labute approximate surface area is 177 Å². The SMILES string of the molecule is O=C1CC[C@H](c2ccc(N3CCN(C(=O)C4CC5(CCNC5)C4)CC3)cc2)C(=O)N1. The van der Waals surface area contributed by atoms with E-state index in [4.69, 9.17) is 0 Å². The third-order valence-corrected chi connectivity index (χ3v) is 7.53. The van der Waals surface area contributed by atoms with Crippen LogP contribution >= 0.6 is 0 Å². The fourth-order valence-electron chi connectivity index (χ4n) is 5.68. The molecule has 3 saturated heterocycles. The number of amides is 3. The zero-order chi connectivity index (χ0) is 20.7. The lowest BCUT2D eigenvalue weighted by Crippen LogP contribution is -2.54. The molecular formula is C23H30N4O3. The van der Waals surface area contributed by atoms with Crippen molar-refractivity contribution in [2.45, 2.75) is 38.0 Å². The van der Waals surface area contributed by atoms with Crippen molar-refractivity contribution in [3.05, 3.63) is 29.8 Å². The van der Waals surface area contributed by atoms with Crippen LogP contribution in [0.15, 0.2) is 24.3 Å². The van der Waals surface area contributed by atoms with E-state index < -0.39 is 0 Å². The average Bonchev–Trinajstić information content (AvgIpc) is 3.23. The van der Waals surface area contributed by atoms with Gasteiger partial charge in [0, 0.05) is 50.7 Å². The molecule has 0 bridgehead atoms. The fraction of sp³-hybridized carbons (Fsp3) is 0.609. The number of hydrogen-bond donors (Lipinski definition) is 2. The summed E-state index contributed by atoms with van der Waals surface area (Å²) in [6.07, 6.45) is 4.30. The van der Waals surface area contributed by atoms with Crippen LogP contribution in [0.4, 0.5) is 5.69 Å². The molecule has 30 heavy (non-hydrogen) atoms. The summed E-state index contributed by atoms with van der Waals surface area (Å²) in [5.74, 6) is -0.0498. The summed E-state index contributed by atoms with van der Waals surface area (Å²) in [4.78, 5) is 40.6. The van der Waals surface area contributed by atoms with Crippen LogP contribution < -0.4 is 15.5 Å². The van der Waals surface area contributed by atoms with Crippen molar-refractivity contribution >= 4 is 23.4 Å². The van der Waals surface area contributed by atoms with Gasteiger partial charge in [-0.1, -0.05) is 12.1 Å². The van der Waals surface area contributed by atoms with Gasteiger partial charge in [0.15, 0.2) is 0 Å². The lowest BCUT2D eigenvalue weighted by molar-refractivity contribution is -0.143. The molecule has 1 atom stereocenters. The van der Waals surface area contributed by atoms with Gasteiger partial charge in [-0.05, 0) is 55.3 Å². The van der Waals surface area contributed by atoms with Crippen molar-refractivity contribution in [2.24, 2.45) is 11.3 Å². The van der Waals surface area contributed by atoms with Gasteiger partial charge >= 0.3 is 0 Å². The van der Waals surface area contributed by atoms with Crippen molar-refractivity contribution in [1.82, 2.24) is 15.5 Å². The Balaban J connectivity index is 1.14. The predicted molar refractivity (Wildman–Crippen MR) is 113 cm³/mol. The lowest BCUT2D eigenvalue weighted by Gasteiger charge is -2.47. The number of benzene rings is 1. The molecule has 1 spiro atoms. The molecule has 5 rings (SSSR count). The van der Waals surface area contributed by atoms with E-state index in [0.717, 1.165) is 63.4 Å². The van der Waals surface area contributed by atoms with E-state index in [2.05, 4.69) is 27.7 Å². The van der Waals surface area contributed by atoms with E-state index in [0.29, 0.717) is 24.2 Å². The van der Waals surface area contributed by atoms with Crippen LogP contribution in [0.5, 0.6) is 0 Å². The van der Waals surface area contributed by atoms with E-state index in [9.17, 15) is 14.4 Å². The topological polar surface area (TPSA) is 81.8 Å². The number of nitrogens with zero attached hydrogens (tertiary/aromatic N) is 2. The summed E-state index contributed by atoms with van der Waals surface area (Å²) >= 11 is 0. The van der Waals surface area contributed by atoms with Crippen molar-refractivity contribution in [1.29, 1.82) is 0 Å². The first kappa shape index (κ1) is 19.5. The minimum atomic E-state index is -0.243. The molecule has 1 saturated carbocycles. The molecular weight excluding hydrogens is 380 g/mol. The third-order valence-electron chi connectivity index (χ3n) is 7.53. The van der Waals surface area contributed by atoms with Gasteiger partial charge < -0.3 is 15.1 Å². The zero-order valence-electron chi connectivity index (χ0n) is 17.4. The van der Waals surface area contributed by atoms with Crippen LogP contribution in [0.1, 0.15) is 43.6 Å². The Bertz CT molecular complexity index is 831. The van der Waals surface area contributed by atoms with Crippen LogP contribution in [-0.2, 0) is 14.4 Å². The molecule has 0 aromatic heterocycles. The standard InChI is InChI=1S/C23H30N4O3/c28-20-6-5-19(21(29)25-20)16-1-3-18(4-2-16)26-9-11-27(12-10-26)22(30)17-13-23(14-17)7-8-24-15-23/h1-4,17,19,24H,5-15H2,(H,25,28,29)/t17?,19-,23?/m1/s1. The second-order valence-electron chi connectivity index (χ2n) is 9.44. The molecule has 0 radical (unpaired) electrons. The molecule has 1 aliphatic carbocycles. The van der Waals surface area contributed by atoms with Crippen molar-refractivity contribution < 1.29 is 14.4 Å². The molecule has 2 N–H and O–H groups in total. The minimum Gasteiger partial charge on any atom is -0.368 e. The minimum absolute atomic E-state index is 0.183. The highest BCUT2D eigenvalue weighted by atomic mass is 16.2. The molecule has 1 aromatic carbocycles. The Morgan fingerprint density at radius 2 is 1.77 bits per heavy atom. The van der Waals surface area contributed by atoms with Crippen molar-refractivity contribution in [3.8, 4) is 0 Å². The highest BCUT2D eigenvalue weighted by Gasteiger charge is 2.49. The number of piperazine rings is 1. The molecule has 7 nitrogen and oxygen atoms in total. The Morgan fingerprint density at radius 3 is 2.40 bits per heavy atom. The van der Waals surface area contributed by atoms with Gasteiger partial charge in [0.25, 0.3) is 0 Å². The van der Waals surface area contributed by atoms with Crippen molar-refractivity contribution in [3.63, 3.8) is 0 Å². The molecule has 7 heteroatoms. The van der Waals surface area contributed by atoms with E-state index >= 15 is 0 Å². The molecule has 4 fully saturated rings. The van der Waals surface area contributed by atoms with E-state index in [1.807, 2.05) is 17.0 Å². The van der Waals surface area contributed by atoms with Crippen LogP contribution in [0.3, 0.4) is 0 Å². The summed E-state index contributed by atoms with van der Waals surface area (Å²) in [6, 6.07) is 8.10. The number of nitrogens with one attached hydrogen (secondary N) is 2. The molecule has 4 aliphatic rings. The van der Waals surface area contributed by atoms with Gasteiger partial charge in [-0.2, -0.15) is 0 Å². The quantitative estimate of drug-likeness (QED) is 0.733. The third kappa shape index (κ3) is 3.60. The maximum Gasteiger partial charge on any atom is 0.234 e. The van der Waals surface area contributed by atoms with Gasteiger partial charge in [0.1, 0.15) is 0 Å². The second-order valence-corrected chi connectivity index (χ2v) is 9.44. The Morgan fingerprint density at radius 1 is 1.03 bits per heavy atom. The summed E-state index contributed by atoms with van der Waals surface area (Å²) in [5.41, 5.74) is 2.49. The Kier molecular flexibility index (Phi) is 5.01. The zero-order valence-corrected chi connectivity index (χ0v) is 17.4. The second kappa shape index (κ2) is 7.69. The highest BCUT2D eigenvalue weighted by Crippen LogP contribution is 2.50. The molecule has 3 amide bonds. The number of rotatable bonds is 3. The molecule has 0 unspecified atom stereocenters. The number of imide groups is 1. The van der Waals surface area contributed by atoms with Crippen LogP contribution in [0.25, 0.3) is 0 Å². The highest BCUT2D eigenvalue weighted by molar-refractivity contribution is 6.00. The first-order valence-electron chi connectivity index (χ1n) is 11.2. The van der Waals surface area contributed by atoms with E-state index in [-0.39, 0.29) is 23.7 Å². The normalized spacial score (nSPS) is 31.6. The Hall–Kier alpha value is -2.41. The van der Waals surface area contributed by atoms with Crippen LogP contribution in [-0.4, -0.2) is 61.9 Å². The lowest BCUT2D eigenvalue weighted by atomic mass is 9.61. The largest absolute Gasteiger partial charge is 0.368 e. The molecule has 1 aromatic rings. The first-order chi connectivity index (χ1) is 14.5. The maximum absolute atomic E-state index is 12.9. The predicted octanol–water partition coefficient (Wildman–Crippen LogP) is 1.25. The van der Waals surface area contributed by atoms with Crippen LogP contribution in [0, 0.1) is 11.3 Å². The van der Waals surface area contributed by atoms with Crippen LogP contribution in [0.2, 0.25) is 0 Å². The smallest absolute Gasteiger partial charge is 0.234 e. The molecule has 3 heterocycles. The number of anilines is 1. The first-order valence-corrected chi connectivity index (χ1v) is 11.2. The fourth-order valence-corrected chi connectivity index (χ4v) is 5.68. The van der Waals surface area contributed by atoms with Gasteiger partial charge in [-0.25, -0.2) is 0 Å². The summed E-state index contributed by atoms with van der Waals surface area (Å²) in [5, 5.41) is 5.86. The monoisotopic (exact) mass is 410 g/mol. The number of piperidine rings is 1. The summed E-state index contributed by atoms with van der Waals surface area (Å²) in [6.45, 7) is 5.40. The molecule has 160 valence electrons. The van der Waals surface area contributed by atoms with E-state index in [1.165, 1.54) is 6.42 Å². The van der Waals surface area contributed by atoms with Crippen molar-refractivity contribution in [2.75, 3.05) is 44.2 Å². The number of carbonyl (C=O) groups excluding carboxylic acids is 3. The van der Waals surface area contributed by atoms with Gasteiger partial charge in [0.2, 0.25) is 17.7 Å². The molecule has 3 aliphatic heterocycles. The van der Waals surface area contributed by atoms with Gasteiger partial charge in [-0.3, -0.25) is 19.7 Å². The number of carbonyl (C=O) groups is 3.